The van der Waals surface area contributed by atoms with Crippen LogP contribution in [0, 0.1) is 17.1 Å². The van der Waals surface area contributed by atoms with Gasteiger partial charge in [-0.15, -0.1) is 0 Å². The summed E-state index contributed by atoms with van der Waals surface area (Å²) < 4.78 is 13.5. The molecule has 0 aliphatic carbocycles. The normalized spacial score (nSPS) is 11.9. The molecule has 2 aromatic rings. The summed E-state index contributed by atoms with van der Waals surface area (Å²) in [7, 11) is 1.90. The van der Waals surface area contributed by atoms with Crippen LogP contribution >= 0.6 is 0 Å². The molecule has 0 bridgehead atoms. The minimum Gasteiger partial charge on any atom is -0.313 e. The Balaban J connectivity index is 2.47. The summed E-state index contributed by atoms with van der Waals surface area (Å²) >= 11 is 0. The first-order valence-electron chi connectivity index (χ1n) is 6.12. The molecule has 0 aromatic heterocycles. The Labute approximate surface area is 112 Å². The molecule has 3 heteroatoms. The van der Waals surface area contributed by atoms with Gasteiger partial charge in [0.05, 0.1) is 11.6 Å². The third-order valence-corrected chi connectivity index (χ3v) is 3.18. The molecule has 1 unspecified atom stereocenters. The molecule has 19 heavy (non-hydrogen) atoms. The zero-order chi connectivity index (χ0) is 13.8. The van der Waals surface area contributed by atoms with Crippen LogP contribution in [0.15, 0.2) is 42.5 Å². The zero-order valence-corrected chi connectivity index (χ0v) is 10.9. The molecule has 1 atom stereocenters. The minimum atomic E-state index is -0.388. The van der Waals surface area contributed by atoms with Crippen molar-refractivity contribution in [1.29, 1.82) is 5.26 Å². The maximum absolute atomic E-state index is 13.5. The quantitative estimate of drug-likeness (QED) is 0.907. The van der Waals surface area contributed by atoms with Gasteiger partial charge in [0.1, 0.15) is 5.82 Å². The van der Waals surface area contributed by atoms with Gasteiger partial charge >= 0.3 is 0 Å². The number of halogens is 1. The van der Waals surface area contributed by atoms with Crippen LogP contribution in [0.3, 0.4) is 0 Å². The molecule has 0 spiro atoms. The average molecular weight is 254 g/mol. The van der Waals surface area contributed by atoms with Gasteiger partial charge in [-0.1, -0.05) is 18.2 Å². The highest BCUT2D eigenvalue weighted by Gasteiger charge is 2.06. The van der Waals surface area contributed by atoms with E-state index in [-0.39, 0.29) is 11.9 Å². The summed E-state index contributed by atoms with van der Waals surface area (Å²) in [4.78, 5) is 0. The minimum absolute atomic E-state index is 0.226. The number of benzene rings is 2. The third-order valence-electron chi connectivity index (χ3n) is 3.18. The Morgan fingerprint density at radius 2 is 1.95 bits per heavy atom. The van der Waals surface area contributed by atoms with Crippen molar-refractivity contribution in [2.45, 2.75) is 13.0 Å². The van der Waals surface area contributed by atoms with Gasteiger partial charge in [0.15, 0.2) is 0 Å². The van der Waals surface area contributed by atoms with Crippen LogP contribution in [-0.4, -0.2) is 7.05 Å². The Hall–Kier alpha value is -2.18. The van der Waals surface area contributed by atoms with Crippen LogP contribution in [0.1, 0.15) is 24.1 Å². The van der Waals surface area contributed by atoms with Crippen molar-refractivity contribution in [3.05, 3.63) is 59.4 Å². The summed E-state index contributed by atoms with van der Waals surface area (Å²) in [6.07, 6.45) is 0. The van der Waals surface area contributed by atoms with Crippen molar-refractivity contribution >= 4 is 0 Å². The van der Waals surface area contributed by atoms with E-state index >= 15 is 0 Å². The standard InChI is InChI=1S/C16H15FN2/c1-11(19-2)13-4-3-5-14(8-13)15-6-12(10-18)7-16(17)9-15/h3-9,11,19H,1-2H3. The third kappa shape index (κ3) is 2.98. The molecule has 2 rings (SSSR count). The summed E-state index contributed by atoms with van der Waals surface area (Å²) in [6, 6.07) is 14.5. The van der Waals surface area contributed by atoms with Crippen molar-refractivity contribution in [3.63, 3.8) is 0 Å². The van der Waals surface area contributed by atoms with Gasteiger partial charge in [-0.3, -0.25) is 0 Å². The number of hydrogen-bond donors (Lipinski definition) is 1. The predicted molar refractivity (Wildman–Crippen MR) is 74.0 cm³/mol. The maximum atomic E-state index is 13.5. The number of nitriles is 1. The number of hydrogen-bond acceptors (Lipinski definition) is 2. The summed E-state index contributed by atoms with van der Waals surface area (Å²) in [5.74, 6) is -0.388. The van der Waals surface area contributed by atoms with Gasteiger partial charge < -0.3 is 5.32 Å². The van der Waals surface area contributed by atoms with Crippen LogP contribution in [0.2, 0.25) is 0 Å². The molecule has 0 heterocycles. The first-order chi connectivity index (χ1) is 9.13. The maximum Gasteiger partial charge on any atom is 0.125 e. The second-order valence-corrected chi connectivity index (χ2v) is 4.48. The van der Waals surface area contributed by atoms with E-state index in [9.17, 15) is 4.39 Å². The van der Waals surface area contributed by atoms with Crippen molar-refractivity contribution in [2.75, 3.05) is 7.05 Å². The molecule has 0 aliphatic heterocycles. The fraction of sp³-hybridized carbons (Fsp3) is 0.188. The molecule has 0 saturated heterocycles. The van der Waals surface area contributed by atoms with Crippen LogP contribution < -0.4 is 5.32 Å². The summed E-state index contributed by atoms with van der Waals surface area (Å²) in [5, 5.41) is 12.1. The van der Waals surface area contributed by atoms with E-state index in [2.05, 4.69) is 12.2 Å². The van der Waals surface area contributed by atoms with Crippen LogP contribution in [-0.2, 0) is 0 Å². The molecule has 0 aliphatic rings. The van der Waals surface area contributed by atoms with E-state index < -0.39 is 0 Å². The molecule has 0 radical (unpaired) electrons. The Morgan fingerprint density at radius 1 is 1.16 bits per heavy atom. The van der Waals surface area contributed by atoms with Gasteiger partial charge in [-0.25, -0.2) is 4.39 Å². The van der Waals surface area contributed by atoms with E-state index in [4.69, 9.17) is 5.26 Å². The van der Waals surface area contributed by atoms with Crippen LogP contribution in [0.4, 0.5) is 4.39 Å². The lowest BCUT2D eigenvalue weighted by atomic mass is 9.99. The first kappa shape index (κ1) is 13.3. The summed E-state index contributed by atoms with van der Waals surface area (Å²) in [6.45, 7) is 2.06. The second-order valence-electron chi connectivity index (χ2n) is 4.48. The molecule has 0 saturated carbocycles. The lowest BCUT2D eigenvalue weighted by Gasteiger charge is -2.12. The van der Waals surface area contributed by atoms with E-state index in [1.165, 1.54) is 12.1 Å². The van der Waals surface area contributed by atoms with Gasteiger partial charge in [0.25, 0.3) is 0 Å². The lowest BCUT2D eigenvalue weighted by Crippen LogP contribution is -2.12. The highest BCUT2D eigenvalue weighted by atomic mass is 19.1. The van der Waals surface area contributed by atoms with Gasteiger partial charge in [-0.2, -0.15) is 5.26 Å². The van der Waals surface area contributed by atoms with E-state index in [1.54, 1.807) is 6.07 Å². The highest BCUT2D eigenvalue weighted by Crippen LogP contribution is 2.25. The molecular formula is C16H15FN2. The topological polar surface area (TPSA) is 35.8 Å². The predicted octanol–water partition coefficient (Wildman–Crippen LogP) is 3.64. The molecule has 0 amide bonds. The summed E-state index contributed by atoms with van der Waals surface area (Å²) in [5.41, 5.74) is 3.10. The first-order valence-corrected chi connectivity index (χ1v) is 6.12. The van der Waals surface area contributed by atoms with E-state index in [0.29, 0.717) is 5.56 Å². The Kier molecular flexibility index (Phi) is 3.94. The average Bonchev–Trinajstić information content (AvgIpc) is 2.45. The lowest BCUT2D eigenvalue weighted by molar-refractivity contribution is 0.628. The molecule has 1 N–H and O–H groups in total. The fourth-order valence-electron chi connectivity index (χ4n) is 1.98. The number of nitrogens with zero attached hydrogens (tertiary/aromatic N) is 1. The van der Waals surface area contributed by atoms with Crippen LogP contribution in [0.25, 0.3) is 11.1 Å². The number of rotatable bonds is 3. The fourth-order valence-corrected chi connectivity index (χ4v) is 1.98. The largest absolute Gasteiger partial charge is 0.313 e. The molecule has 2 aromatic carbocycles. The highest BCUT2D eigenvalue weighted by molar-refractivity contribution is 5.66. The second kappa shape index (κ2) is 5.64. The molecular weight excluding hydrogens is 239 g/mol. The number of nitrogens with one attached hydrogen (secondary N) is 1. The molecule has 0 fully saturated rings. The van der Waals surface area contributed by atoms with Gasteiger partial charge in [0, 0.05) is 6.04 Å². The van der Waals surface area contributed by atoms with E-state index in [1.807, 2.05) is 37.4 Å². The monoisotopic (exact) mass is 254 g/mol. The molecule has 96 valence electrons. The smallest absolute Gasteiger partial charge is 0.125 e. The molecule has 2 nitrogen and oxygen atoms in total. The van der Waals surface area contributed by atoms with Crippen molar-refractivity contribution in [2.24, 2.45) is 0 Å². The van der Waals surface area contributed by atoms with Crippen molar-refractivity contribution in [3.8, 4) is 17.2 Å². The van der Waals surface area contributed by atoms with Crippen molar-refractivity contribution < 1.29 is 4.39 Å². The SMILES string of the molecule is CNC(C)c1cccc(-c2cc(F)cc(C#N)c2)c1. The van der Waals surface area contributed by atoms with Gasteiger partial charge in [0.2, 0.25) is 0 Å². The van der Waals surface area contributed by atoms with E-state index in [0.717, 1.165) is 16.7 Å². The zero-order valence-electron chi connectivity index (χ0n) is 10.9. The Bertz CT molecular complexity index is 629. The Morgan fingerprint density at radius 3 is 2.63 bits per heavy atom. The van der Waals surface area contributed by atoms with Crippen LogP contribution in [0.5, 0.6) is 0 Å². The van der Waals surface area contributed by atoms with Gasteiger partial charge in [-0.05, 0) is 54.9 Å². The van der Waals surface area contributed by atoms with Crippen molar-refractivity contribution in [1.82, 2.24) is 5.32 Å².